The van der Waals surface area contributed by atoms with Crippen LogP contribution in [0.25, 0.3) is 10.2 Å². The average Bonchev–Trinajstić information content (AvgIpc) is 3.16. The van der Waals surface area contributed by atoms with Crippen LogP contribution in [0.1, 0.15) is 24.3 Å². The van der Waals surface area contributed by atoms with Crippen LogP contribution < -0.4 is 15.4 Å². The molecule has 5 rings (SSSR count). The Morgan fingerprint density at radius 3 is 2.66 bits per heavy atom. The third-order valence-electron chi connectivity index (χ3n) is 5.33. The van der Waals surface area contributed by atoms with Gasteiger partial charge >= 0.3 is 0 Å². The highest BCUT2D eigenvalue weighted by atomic mass is 32.1. The summed E-state index contributed by atoms with van der Waals surface area (Å²) in [6.07, 6.45) is 3.78. The Hall–Kier alpha value is -3.19. The molecule has 1 saturated heterocycles. The molecule has 2 aromatic heterocycles. The topological polar surface area (TPSA) is 77.2 Å². The molecule has 2 N–H and O–H groups in total. The monoisotopic (exact) mass is 403 g/mol. The number of anilines is 2. The first-order valence-corrected chi connectivity index (χ1v) is 10.5. The van der Waals surface area contributed by atoms with Crippen LogP contribution in [0.2, 0.25) is 0 Å². The Bertz CT molecular complexity index is 1120. The number of nitrogens with zero attached hydrogens (tertiary/aromatic N) is 4. The molecule has 146 valence electrons. The van der Waals surface area contributed by atoms with Crippen LogP contribution in [-0.2, 0) is 0 Å². The summed E-state index contributed by atoms with van der Waals surface area (Å²) >= 11 is 1.45. The lowest BCUT2D eigenvalue weighted by atomic mass is 9.89. The van der Waals surface area contributed by atoms with E-state index in [2.05, 4.69) is 50.2 Å². The maximum absolute atomic E-state index is 6.04. The van der Waals surface area contributed by atoms with Crippen molar-refractivity contribution in [3.63, 3.8) is 0 Å². The Balaban J connectivity index is 1.31. The van der Waals surface area contributed by atoms with Crippen LogP contribution in [0.4, 0.5) is 10.9 Å². The number of thiazole rings is 1. The van der Waals surface area contributed by atoms with Gasteiger partial charge in [0.2, 0.25) is 5.88 Å². The fourth-order valence-electron chi connectivity index (χ4n) is 3.86. The van der Waals surface area contributed by atoms with Crippen molar-refractivity contribution in [3.8, 4) is 11.6 Å². The number of ether oxygens (including phenoxy) is 1. The first-order valence-electron chi connectivity index (χ1n) is 9.71. The lowest BCUT2D eigenvalue weighted by molar-refractivity contribution is 0.463. The molecular weight excluding hydrogens is 382 g/mol. The minimum Gasteiger partial charge on any atom is -0.437 e. The van der Waals surface area contributed by atoms with Crippen LogP contribution in [0.15, 0.2) is 60.9 Å². The minimum absolute atomic E-state index is 0.513. The van der Waals surface area contributed by atoms with E-state index in [1.54, 1.807) is 6.33 Å². The Kier molecular flexibility index (Phi) is 4.73. The number of benzene rings is 2. The number of rotatable bonds is 4. The third-order valence-corrected chi connectivity index (χ3v) is 6.18. The molecular formula is C22H21N5OS. The fraction of sp³-hybridized carbons (Fsp3) is 0.227. The number of fused-ring (bicyclic) bond motifs is 1. The van der Waals surface area contributed by atoms with Gasteiger partial charge < -0.3 is 15.4 Å². The summed E-state index contributed by atoms with van der Waals surface area (Å²) in [5, 5.41) is 0.528. The standard InChI is InChI=1S/C22H21N5OS/c23-22-26-21-17(7-4-8-18(21)29-22)28-20-13-19(24-14-25-20)27-11-9-16(10-12-27)15-5-2-1-3-6-15/h1-8,13-14,16H,9-12H2,(H2,23,26). The number of hydrogen-bond donors (Lipinski definition) is 1. The molecule has 1 aliphatic rings. The van der Waals surface area contributed by atoms with Gasteiger partial charge in [-0.1, -0.05) is 47.7 Å². The largest absolute Gasteiger partial charge is 0.437 e. The van der Waals surface area contributed by atoms with Gasteiger partial charge in [0.25, 0.3) is 0 Å². The van der Waals surface area contributed by atoms with Crippen LogP contribution in [0.3, 0.4) is 0 Å². The quantitative estimate of drug-likeness (QED) is 0.525. The first kappa shape index (κ1) is 17.9. The maximum atomic E-state index is 6.04. The van der Waals surface area contributed by atoms with Gasteiger partial charge in [-0.3, -0.25) is 0 Å². The molecule has 4 aromatic rings. The number of nitrogens with two attached hydrogens (primary N) is 1. The Morgan fingerprint density at radius 1 is 1.00 bits per heavy atom. The molecule has 6 nitrogen and oxygen atoms in total. The molecule has 0 saturated carbocycles. The number of nitrogen functional groups attached to an aromatic ring is 1. The molecule has 1 fully saturated rings. The number of hydrogen-bond acceptors (Lipinski definition) is 7. The molecule has 0 spiro atoms. The minimum atomic E-state index is 0.513. The lowest BCUT2D eigenvalue weighted by Gasteiger charge is -2.33. The van der Waals surface area contributed by atoms with E-state index >= 15 is 0 Å². The summed E-state index contributed by atoms with van der Waals surface area (Å²) in [6.45, 7) is 1.93. The fourth-order valence-corrected chi connectivity index (χ4v) is 4.61. The third kappa shape index (κ3) is 3.73. The van der Waals surface area contributed by atoms with Crippen LogP contribution >= 0.6 is 11.3 Å². The van der Waals surface area contributed by atoms with E-state index in [1.165, 1.54) is 16.9 Å². The first-order chi connectivity index (χ1) is 14.3. The summed E-state index contributed by atoms with van der Waals surface area (Å²) < 4.78 is 7.04. The number of piperidine rings is 1. The molecule has 2 aromatic carbocycles. The lowest BCUT2D eigenvalue weighted by Crippen LogP contribution is -2.33. The normalized spacial score (nSPS) is 15.0. The average molecular weight is 404 g/mol. The van der Waals surface area contributed by atoms with E-state index in [1.807, 2.05) is 24.3 Å². The van der Waals surface area contributed by atoms with E-state index in [-0.39, 0.29) is 0 Å². The van der Waals surface area contributed by atoms with Gasteiger partial charge in [-0.15, -0.1) is 0 Å². The zero-order valence-electron chi connectivity index (χ0n) is 15.9. The van der Waals surface area contributed by atoms with Gasteiger partial charge in [0.15, 0.2) is 10.9 Å². The van der Waals surface area contributed by atoms with Crippen molar-refractivity contribution in [1.29, 1.82) is 0 Å². The van der Waals surface area contributed by atoms with E-state index in [4.69, 9.17) is 10.5 Å². The summed E-state index contributed by atoms with van der Waals surface area (Å²) in [4.78, 5) is 15.4. The predicted octanol–water partition coefficient (Wildman–Crippen LogP) is 4.84. The second-order valence-electron chi connectivity index (χ2n) is 7.14. The van der Waals surface area contributed by atoms with E-state index < -0.39 is 0 Å². The maximum Gasteiger partial charge on any atom is 0.224 e. The zero-order valence-corrected chi connectivity index (χ0v) is 16.7. The van der Waals surface area contributed by atoms with E-state index in [9.17, 15) is 0 Å². The van der Waals surface area contributed by atoms with Crippen molar-refractivity contribution in [2.75, 3.05) is 23.7 Å². The van der Waals surface area contributed by atoms with Gasteiger partial charge in [0, 0.05) is 19.2 Å². The van der Waals surface area contributed by atoms with Crippen molar-refractivity contribution in [1.82, 2.24) is 15.0 Å². The summed E-state index contributed by atoms with van der Waals surface area (Å²) in [5.41, 5.74) is 8.04. The molecule has 0 amide bonds. The van der Waals surface area contributed by atoms with Crippen molar-refractivity contribution in [3.05, 3.63) is 66.5 Å². The van der Waals surface area contributed by atoms with Gasteiger partial charge in [-0.25, -0.2) is 15.0 Å². The van der Waals surface area contributed by atoms with Gasteiger partial charge in [-0.05, 0) is 36.5 Å². The summed E-state index contributed by atoms with van der Waals surface area (Å²) in [5.74, 6) is 2.67. The smallest absolute Gasteiger partial charge is 0.224 e. The number of para-hydroxylation sites is 1. The Morgan fingerprint density at radius 2 is 1.83 bits per heavy atom. The molecule has 3 heterocycles. The van der Waals surface area contributed by atoms with E-state index in [0.29, 0.717) is 22.7 Å². The van der Waals surface area contributed by atoms with Gasteiger partial charge in [0.1, 0.15) is 17.7 Å². The molecule has 0 aliphatic carbocycles. The van der Waals surface area contributed by atoms with E-state index in [0.717, 1.165) is 42.0 Å². The second-order valence-corrected chi connectivity index (χ2v) is 8.21. The van der Waals surface area contributed by atoms with Crippen LogP contribution in [0.5, 0.6) is 11.6 Å². The molecule has 29 heavy (non-hydrogen) atoms. The molecule has 0 unspecified atom stereocenters. The number of aromatic nitrogens is 3. The van der Waals surface area contributed by atoms with Crippen molar-refractivity contribution in [2.24, 2.45) is 0 Å². The van der Waals surface area contributed by atoms with Crippen molar-refractivity contribution < 1.29 is 4.74 Å². The van der Waals surface area contributed by atoms with Gasteiger partial charge in [0.05, 0.1) is 4.70 Å². The highest BCUT2D eigenvalue weighted by Gasteiger charge is 2.22. The van der Waals surface area contributed by atoms with Crippen LogP contribution in [0, 0.1) is 0 Å². The summed E-state index contributed by atoms with van der Waals surface area (Å²) in [6, 6.07) is 18.5. The Labute approximate surface area is 173 Å². The molecule has 0 bridgehead atoms. The van der Waals surface area contributed by atoms with Crippen LogP contribution in [-0.4, -0.2) is 28.0 Å². The highest BCUT2D eigenvalue weighted by molar-refractivity contribution is 7.22. The molecule has 7 heteroatoms. The van der Waals surface area contributed by atoms with Gasteiger partial charge in [-0.2, -0.15) is 0 Å². The highest BCUT2D eigenvalue weighted by Crippen LogP contribution is 2.34. The molecule has 0 radical (unpaired) electrons. The summed E-state index contributed by atoms with van der Waals surface area (Å²) in [7, 11) is 0. The SMILES string of the molecule is Nc1nc2c(Oc3cc(N4CCC(c5ccccc5)CC4)ncn3)cccc2s1. The van der Waals surface area contributed by atoms with Crippen molar-refractivity contribution >= 4 is 32.5 Å². The predicted molar refractivity (Wildman–Crippen MR) is 117 cm³/mol. The van der Waals surface area contributed by atoms with Crippen molar-refractivity contribution in [2.45, 2.75) is 18.8 Å². The molecule has 1 aliphatic heterocycles. The molecule has 0 atom stereocenters. The zero-order chi connectivity index (χ0) is 19.6. The second kappa shape index (κ2) is 7.67.